The topological polar surface area (TPSA) is 0 Å². The molecule has 0 saturated carbocycles. The Balaban J connectivity index is 2.42. The van der Waals surface area contributed by atoms with Crippen LogP contribution in [0.3, 0.4) is 0 Å². The molecule has 1 aromatic carbocycles. The highest BCUT2D eigenvalue weighted by Gasteiger charge is 1.98. The fraction of sp³-hybridized carbons (Fsp3) is 0.455. The van der Waals surface area contributed by atoms with Gasteiger partial charge in [0.05, 0.1) is 0 Å². The molecular weight excluding hydrogens is 235 g/mol. The highest BCUT2D eigenvalue weighted by molar-refractivity contribution is 7.98. The number of unbranched alkanes of at least 4 members (excludes halogenated alkanes) is 1. The summed E-state index contributed by atoms with van der Waals surface area (Å²) in [4.78, 5) is 0. The van der Waals surface area contributed by atoms with Crippen LogP contribution >= 0.6 is 35.0 Å². The van der Waals surface area contributed by atoms with Crippen molar-refractivity contribution >= 4 is 35.0 Å². The van der Waals surface area contributed by atoms with E-state index in [-0.39, 0.29) is 0 Å². The largest absolute Gasteiger partial charge is 0.157 e. The van der Waals surface area contributed by atoms with Crippen molar-refractivity contribution in [2.24, 2.45) is 0 Å². The van der Waals surface area contributed by atoms with E-state index in [9.17, 15) is 0 Å². The molecular formula is C11H14Cl2S. The van der Waals surface area contributed by atoms with E-state index in [0.29, 0.717) is 0 Å². The molecule has 0 fully saturated rings. The summed E-state index contributed by atoms with van der Waals surface area (Å²) in [5, 5.41) is 1.45. The van der Waals surface area contributed by atoms with Gasteiger partial charge in [-0.05, 0) is 35.9 Å². The summed E-state index contributed by atoms with van der Waals surface area (Å²) >= 11 is 13.7. The van der Waals surface area contributed by atoms with E-state index < -0.39 is 0 Å². The van der Waals surface area contributed by atoms with Crippen LogP contribution in [0.4, 0.5) is 0 Å². The average molecular weight is 249 g/mol. The highest BCUT2D eigenvalue weighted by atomic mass is 35.5. The Hall–Kier alpha value is 0.150. The lowest BCUT2D eigenvalue weighted by atomic mass is 10.2. The molecule has 0 saturated heterocycles. The molecule has 3 heteroatoms. The molecule has 0 aliphatic rings. The van der Waals surface area contributed by atoms with Crippen LogP contribution in [-0.4, -0.2) is 5.75 Å². The summed E-state index contributed by atoms with van der Waals surface area (Å²) in [6.45, 7) is 2.21. The van der Waals surface area contributed by atoms with Crippen molar-refractivity contribution in [3.63, 3.8) is 0 Å². The second-order valence-corrected chi connectivity index (χ2v) is 5.16. The van der Waals surface area contributed by atoms with Crippen LogP contribution in [-0.2, 0) is 5.75 Å². The standard InChI is InChI=1S/C11H14Cl2S/c1-2-3-4-14-8-9-5-10(12)7-11(13)6-9/h5-7H,2-4,8H2,1H3. The minimum Gasteiger partial charge on any atom is -0.157 e. The number of benzene rings is 1. The van der Waals surface area contributed by atoms with Crippen LogP contribution in [0.25, 0.3) is 0 Å². The Kier molecular flexibility index (Phi) is 5.76. The van der Waals surface area contributed by atoms with Gasteiger partial charge in [-0.3, -0.25) is 0 Å². The highest BCUT2D eigenvalue weighted by Crippen LogP contribution is 2.22. The lowest BCUT2D eigenvalue weighted by molar-refractivity contribution is 0.896. The molecule has 0 unspecified atom stereocenters. The minimum absolute atomic E-state index is 0.726. The van der Waals surface area contributed by atoms with Crippen LogP contribution < -0.4 is 0 Å². The molecule has 14 heavy (non-hydrogen) atoms. The van der Waals surface area contributed by atoms with Gasteiger partial charge < -0.3 is 0 Å². The molecule has 0 atom stereocenters. The van der Waals surface area contributed by atoms with E-state index in [4.69, 9.17) is 23.2 Å². The van der Waals surface area contributed by atoms with E-state index in [1.807, 2.05) is 23.9 Å². The van der Waals surface area contributed by atoms with Crippen LogP contribution in [0.15, 0.2) is 18.2 Å². The van der Waals surface area contributed by atoms with Crippen LogP contribution in [0.5, 0.6) is 0 Å². The maximum absolute atomic E-state index is 5.90. The van der Waals surface area contributed by atoms with Gasteiger partial charge in [-0.1, -0.05) is 36.5 Å². The molecule has 0 aliphatic heterocycles. The Morgan fingerprint density at radius 2 is 1.79 bits per heavy atom. The maximum Gasteiger partial charge on any atom is 0.0423 e. The molecule has 0 aromatic heterocycles. The average Bonchev–Trinajstić information content (AvgIpc) is 2.11. The number of thioether (sulfide) groups is 1. The number of hydrogen-bond acceptors (Lipinski definition) is 1. The molecule has 1 aromatic rings. The molecule has 0 bridgehead atoms. The van der Waals surface area contributed by atoms with Gasteiger partial charge in [-0.25, -0.2) is 0 Å². The second kappa shape index (κ2) is 6.60. The van der Waals surface area contributed by atoms with Gasteiger partial charge in [0, 0.05) is 15.8 Å². The number of hydrogen-bond donors (Lipinski definition) is 0. The van der Waals surface area contributed by atoms with E-state index >= 15 is 0 Å². The first kappa shape index (κ1) is 12.2. The first-order valence-electron chi connectivity index (χ1n) is 4.75. The maximum atomic E-state index is 5.90. The minimum atomic E-state index is 0.726. The van der Waals surface area contributed by atoms with E-state index in [2.05, 4.69) is 6.92 Å². The smallest absolute Gasteiger partial charge is 0.0423 e. The zero-order valence-corrected chi connectivity index (χ0v) is 10.6. The summed E-state index contributed by atoms with van der Waals surface area (Å²) < 4.78 is 0. The lowest BCUT2D eigenvalue weighted by Gasteiger charge is -2.02. The van der Waals surface area contributed by atoms with Crippen molar-refractivity contribution in [1.82, 2.24) is 0 Å². The van der Waals surface area contributed by atoms with E-state index in [1.54, 1.807) is 6.07 Å². The predicted molar refractivity (Wildman–Crippen MR) is 67.5 cm³/mol. The van der Waals surface area contributed by atoms with Gasteiger partial charge in [-0.15, -0.1) is 0 Å². The third-order valence-corrected chi connectivity index (χ3v) is 3.38. The van der Waals surface area contributed by atoms with Crippen molar-refractivity contribution in [2.45, 2.75) is 25.5 Å². The molecule has 0 radical (unpaired) electrons. The summed E-state index contributed by atoms with van der Waals surface area (Å²) in [7, 11) is 0. The monoisotopic (exact) mass is 248 g/mol. The molecule has 0 aliphatic carbocycles. The van der Waals surface area contributed by atoms with Gasteiger partial charge in [-0.2, -0.15) is 11.8 Å². The van der Waals surface area contributed by atoms with Crippen LogP contribution in [0.1, 0.15) is 25.3 Å². The third-order valence-electron chi connectivity index (χ3n) is 1.83. The van der Waals surface area contributed by atoms with Crippen LogP contribution in [0.2, 0.25) is 10.0 Å². The van der Waals surface area contributed by atoms with Crippen molar-refractivity contribution in [3.05, 3.63) is 33.8 Å². The van der Waals surface area contributed by atoms with Crippen molar-refractivity contribution < 1.29 is 0 Å². The summed E-state index contributed by atoms with van der Waals surface area (Å²) in [6, 6.07) is 5.72. The Bertz CT molecular complexity index is 266. The zero-order valence-electron chi connectivity index (χ0n) is 8.22. The van der Waals surface area contributed by atoms with Gasteiger partial charge in [0.15, 0.2) is 0 Å². The fourth-order valence-electron chi connectivity index (χ4n) is 1.13. The first-order valence-corrected chi connectivity index (χ1v) is 6.66. The molecule has 0 heterocycles. The number of rotatable bonds is 5. The summed E-state index contributed by atoms with van der Waals surface area (Å²) in [5.41, 5.74) is 1.21. The Morgan fingerprint density at radius 3 is 2.36 bits per heavy atom. The molecule has 78 valence electrons. The zero-order chi connectivity index (χ0) is 10.4. The van der Waals surface area contributed by atoms with Gasteiger partial charge >= 0.3 is 0 Å². The normalized spacial score (nSPS) is 10.5. The Morgan fingerprint density at radius 1 is 1.14 bits per heavy atom. The molecule has 1 rings (SSSR count). The van der Waals surface area contributed by atoms with Gasteiger partial charge in [0.2, 0.25) is 0 Å². The van der Waals surface area contributed by atoms with Crippen molar-refractivity contribution in [2.75, 3.05) is 5.75 Å². The van der Waals surface area contributed by atoms with E-state index in [1.165, 1.54) is 24.2 Å². The van der Waals surface area contributed by atoms with Gasteiger partial charge in [0.25, 0.3) is 0 Å². The molecule has 0 N–H and O–H groups in total. The first-order chi connectivity index (χ1) is 6.72. The third kappa shape index (κ3) is 4.59. The summed E-state index contributed by atoms with van der Waals surface area (Å²) in [5.74, 6) is 2.21. The molecule has 0 nitrogen and oxygen atoms in total. The number of halogens is 2. The Labute approximate surface area is 100.0 Å². The SMILES string of the molecule is CCCCSCc1cc(Cl)cc(Cl)c1. The fourth-order valence-corrected chi connectivity index (χ4v) is 2.74. The lowest BCUT2D eigenvalue weighted by Crippen LogP contribution is -1.83. The van der Waals surface area contributed by atoms with Crippen molar-refractivity contribution in [1.29, 1.82) is 0 Å². The predicted octanol–water partition coefficient (Wildman–Crippen LogP) is 5.03. The summed E-state index contributed by atoms with van der Waals surface area (Å²) in [6.07, 6.45) is 2.53. The molecule has 0 amide bonds. The van der Waals surface area contributed by atoms with Crippen molar-refractivity contribution in [3.8, 4) is 0 Å². The second-order valence-electron chi connectivity index (χ2n) is 3.18. The van der Waals surface area contributed by atoms with Crippen LogP contribution in [0, 0.1) is 0 Å². The van der Waals surface area contributed by atoms with Gasteiger partial charge in [0.1, 0.15) is 0 Å². The quantitative estimate of drug-likeness (QED) is 0.660. The molecule has 0 spiro atoms. The van der Waals surface area contributed by atoms with E-state index in [0.717, 1.165) is 15.8 Å².